The molecule has 1 aliphatic carbocycles. The Balaban J connectivity index is 1.99. The summed E-state index contributed by atoms with van der Waals surface area (Å²) in [5.41, 5.74) is 1.98. The van der Waals surface area contributed by atoms with E-state index in [-0.39, 0.29) is 16.0 Å². The molecule has 0 unspecified atom stereocenters. The Labute approximate surface area is 139 Å². The maximum atomic E-state index is 13.3. The maximum absolute atomic E-state index is 13.3. The third kappa shape index (κ3) is 2.77. The predicted octanol–water partition coefficient (Wildman–Crippen LogP) is 2.91. The molecule has 23 heavy (non-hydrogen) atoms. The van der Waals surface area contributed by atoms with Crippen LogP contribution in [0.1, 0.15) is 30.1 Å². The number of rotatable bonds is 3. The molecule has 1 heterocycles. The summed E-state index contributed by atoms with van der Waals surface area (Å²) in [4.78, 5) is -0.0117. The minimum atomic E-state index is -3.77. The van der Waals surface area contributed by atoms with E-state index in [0.29, 0.717) is 0 Å². The van der Waals surface area contributed by atoms with Crippen molar-refractivity contribution < 1.29 is 12.8 Å². The van der Waals surface area contributed by atoms with E-state index < -0.39 is 15.8 Å². The number of benzene rings is 1. The molecule has 1 aromatic carbocycles. The molecule has 1 aliphatic rings. The first-order valence-electron chi connectivity index (χ1n) is 7.26. The van der Waals surface area contributed by atoms with Crippen LogP contribution in [0.15, 0.2) is 29.3 Å². The van der Waals surface area contributed by atoms with E-state index in [1.165, 1.54) is 10.4 Å². The molecular weight excluding hydrogens is 341 g/mol. The normalized spacial score (nSPS) is 18.2. The van der Waals surface area contributed by atoms with Gasteiger partial charge < -0.3 is 0 Å². The van der Waals surface area contributed by atoms with Gasteiger partial charge in [0.15, 0.2) is 0 Å². The Morgan fingerprint density at radius 2 is 2.17 bits per heavy atom. The zero-order valence-corrected chi connectivity index (χ0v) is 14.4. The summed E-state index contributed by atoms with van der Waals surface area (Å²) in [5.74, 6) is -0.638. The van der Waals surface area contributed by atoms with E-state index >= 15 is 0 Å². The minimum absolute atomic E-state index is 0.0117. The Kier molecular flexibility index (Phi) is 4.20. The average Bonchev–Trinajstić information content (AvgIpc) is 2.90. The van der Waals surface area contributed by atoms with Gasteiger partial charge in [0.1, 0.15) is 5.82 Å². The summed E-state index contributed by atoms with van der Waals surface area (Å²) in [6.07, 6.45) is 4.23. The maximum Gasteiger partial charge on any atom is 0.243 e. The molecule has 124 valence electrons. The molecule has 3 rings (SSSR count). The first-order valence-corrected chi connectivity index (χ1v) is 9.08. The number of hydrogen-bond acceptors (Lipinski definition) is 3. The summed E-state index contributed by atoms with van der Waals surface area (Å²) in [6, 6.07) is 3.18. The van der Waals surface area contributed by atoms with Gasteiger partial charge in [-0.3, -0.25) is 4.68 Å². The van der Waals surface area contributed by atoms with Crippen LogP contribution in [0.3, 0.4) is 0 Å². The standard InChI is InChI=1S/C15H17ClFN3O2S/c1-19-14-4-3-5-15(11(14)9-18-19)20(2)23(21,22)10-6-7-13(17)12(16)8-10/h6-9,15H,3-5H2,1-2H3/t15-/m1/s1. The van der Waals surface area contributed by atoms with Crippen molar-refractivity contribution in [1.82, 2.24) is 14.1 Å². The Bertz CT molecular complexity index is 850. The third-order valence-electron chi connectivity index (χ3n) is 4.35. The SMILES string of the molecule is CN([C@@H]1CCCc2c1cnn2C)S(=O)(=O)c1ccc(F)c(Cl)c1. The lowest BCUT2D eigenvalue weighted by Gasteiger charge is -2.30. The molecule has 2 aromatic rings. The molecule has 0 N–H and O–H groups in total. The van der Waals surface area contributed by atoms with Gasteiger partial charge in [-0.1, -0.05) is 11.6 Å². The van der Waals surface area contributed by atoms with Crippen molar-refractivity contribution in [3.8, 4) is 0 Å². The zero-order valence-electron chi connectivity index (χ0n) is 12.8. The summed E-state index contributed by atoms with van der Waals surface area (Å²) in [5, 5.41) is 4.03. The number of aromatic nitrogens is 2. The van der Waals surface area contributed by atoms with E-state index in [1.54, 1.807) is 17.9 Å². The Morgan fingerprint density at radius 1 is 1.43 bits per heavy atom. The highest BCUT2D eigenvalue weighted by atomic mass is 35.5. The fourth-order valence-corrected chi connectivity index (χ4v) is 4.67. The van der Waals surface area contributed by atoms with E-state index in [9.17, 15) is 12.8 Å². The monoisotopic (exact) mass is 357 g/mol. The number of sulfonamides is 1. The number of hydrogen-bond donors (Lipinski definition) is 0. The summed E-state index contributed by atoms with van der Waals surface area (Å²) in [6.45, 7) is 0. The van der Waals surface area contributed by atoms with Crippen molar-refractivity contribution in [3.63, 3.8) is 0 Å². The topological polar surface area (TPSA) is 55.2 Å². The van der Waals surface area contributed by atoms with Crippen molar-refractivity contribution in [2.75, 3.05) is 7.05 Å². The second-order valence-corrected chi connectivity index (χ2v) is 8.08. The van der Waals surface area contributed by atoms with Gasteiger partial charge in [0, 0.05) is 25.4 Å². The van der Waals surface area contributed by atoms with E-state index in [1.807, 2.05) is 7.05 Å². The van der Waals surface area contributed by atoms with Gasteiger partial charge in [0.2, 0.25) is 10.0 Å². The highest BCUT2D eigenvalue weighted by molar-refractivity contribution is 7.89. The van der Waals surface area contributed by atoms with Crippen LogP contribution in [0.5, 0.6) is 0 Å². The van der Waals surface area contributed by atoms with Crippen LogP contribution in [0.2, 0.25) is 5.02 Å². The highest BCUT2D eigenvalue weighted by Crippen LogP contribution is 2.36. The second-order valence-electron chi connectivity index (χ2n) is 5.68. The quantitative estimate of drug-likeness (QED) is 0.848. The fourth-order valence-electron chi connectivity index (χ4n) is 3.03. The van der Waals surface area contributed by atoms with Crippen molar-refractivity contribution in [1.29, 1.82) is 0 Å². The molecular formula is C15H17ClFN3O2S. The lowest BCUT2D eigenvalue weighted by Crippen LogP contribution is -2.33. The molecule has 5 nitrogen and oxygen atoms in total. The largest absolute Gasteiger partial charge is 0.272 e. The van der Waals surface area contributed by atoms with Crippen LogP contribution in [0.4, 0.5) is 4.39 Å². The second kappa shape index (κ2) is 5.89. The molecule has 0 amide bonds. The molecule has 1 aromatic heterocycles. The van der Waals surface area contributed by atoms with Crippen LogP contribution in [-0.2, 0) is 23.5 Å². The molecule has 0 bridgehead atoms. The van der Waals surface area contributed by atoms with Crippen LogP contribution >= 0.6 is 11.6 Å². The van der Waals surface area contributed by atoms with Crippen LogP contribution in [0, 0.1) is 5.82 Å². The number of fused-ring (bicyclic) bond motifs is 1. The molecule has 0 spiro atoms. The van der Waals surface area contributed by atoms with E-state index in [0.717, 1.165) is 42.7 Å². The van der Waals surface area contributed by atoms with Gasteiger partial charge >= 0.3 is 0 Å². The van der Waals surface area contributed by atoms with Crippen LogP contribution in [0.25, 0.3) is 0 Å². The Morgan fingerprint density at radius 3 is 2.87 bits per heavy atom. The van der Waals surface area contributed by atoms with Crippen LogP contribution in [-0.4, -0.2) is 29.6 Å². The molecule has 0 aliphatic heterocycles. The van der Waals surface area contributed by atoms with Gasteiger partial charge in [-0.05, 0) is 37.5 Å². The number of nitrogens with zero attached hydrogens (tertiary/aromatic N) is 3. The molecule has 0 radical (unpaired) electrons. The van der Waals surface area contributed by atoms with E-state index in [4.69, 9.17) is 11.6 Å². The average molecular weight is 358 g/mol. The van der Waals surface area contributed by atoms with Gasteiger partial charge in [0.25, 0.3) is 0 Å². The zero-order chi connectivity index (χ0) is 16.8. The number of halogens is 2. The summed E-state index contributed by atoms with van der Waals surface area (Å²) in [7, 11) is -0.368. The van der Waals surface area contributed by atoms with Crippen LogP contribution < -0.4 is 0 Å². The van der Waals surface area contributed by atoms with E-state index in [2.05, 4.69) is 5.10 Å². The lowest BCUT2D eigenvalue weighted by molar-refractivity contribution is 0.335. The molecule has 1 atom stereocenters. The van der Waals surface area contributed by atoms with Crippen molar-refractivity contribution in [2.45, 2.75) is 30.2 Å². The fraction of sp³-hybridized carbons (Fsp3) is 0.400. The van der Waals surface area contributed by atoms with Gasteiger partial charge in [0.05, 0.1) is 22.2 Å². The molecule has 0 saturated carbocycles. The van der Waals surface area contributed by atoms with Gasteiger partial charge in [-0.15, -0.1) is 0 Å². The molecule has 0 saturated heterocycles. The molecule has 8 heteroatoms. The minimum Gasteiger partial charge on any atom is -0.272 e. The van der Waals surface area contributed by atoms with Crippen molar-refractivity contribution in [2.24, 2.45) is 7.05 Å². The highest BCUT2D eigenvalue weighted by Gasteiger charge is 2.33. The summed E-state index contributed by atoms with van der Waals surface area (Å²) < 4.78 is 42.1. The van der Waals surface area contributed by atoms with Crippen molar-refractivity contribution >= 4 is 21.6 Å². The lowest BCUT2D eigenvalue weighted by atomic mass is 9.93. The first kappa shape index (κ1) is 16.4. The summed E-state index contributed by atoms with van der Waals surface area (Å²) >= 11 is 5.72. The Hall–Kier alpha value is -1.44. The molecule has 0 fully saturated rings. The first-order chi connectivity index (χ1) is 10.8. The third-order valence-corrected chi connectivity index (χ3v) is 6.50. The van der Waals surface area contributed by atoms with Gasteiger partial charge in [-0.25, -0.2) is 12.8 Å². The predicted molar refractivity (Wildman–Crippen MR) is 85.2 cm³/mol. The van der Waals surface area contributed by atoms with Gasteiger partial charge in [-0.2, -0.15) is 9.40 Å². The smallest absolute Gasteiger partial charge is 0.243 e. The van der Waals surface area contributed by atoms with Crippen molar-refractivity contribution in [3.05, 3.63) is 46.5 Å². The number of aryl methyl sites for hydroxylation is 1.